The Morgan fingerprint density at radius 3 is 2.00 bits per heavy atom. The maximum atomic E-state index is 13.1. The molecule has 0 aliphatic heterocycles. The minimum Gasteiger partial charge on any atom is -0.342 e. The molecule has 0 unspecified atom stereocenters. The zero-order chi connectivity index (χ0) is 18.4. The lowest BCUT2D eigenvalue weighted by atomic mass is 10.2. The van der Waals surface area contributed by atoms with Crippen molar-refractivity contribution in [2.45, 2.75) is 25.7 Å². The molecule has 0 fully saturated rings. The van der Waals surface area contributed by atoms with Crippen molar-refractivity contribution < 1.29 is 13.2 Å². The molecule has 2 aromatic rings. The van der Waals surface area contributed by atoms with Crippen molar-refractivity contribution in [1.82, 2.24) is 4.90 Å². The van der Waals surface area contributed by atoms with Gasteiger partial charge in [-0.3, -0.25) is 9.10 Å². The predicted molar refractivity (Wildman–Crippen MR) is 100 cm³/mol. The highest BCUT2D eigenvalue weighted by Gasteiger charge is 2.28. The second kappa shape index (κ2) is 8.16. The van der Waals surface area contributed by atoms with Crippen molar-refractivity contribution in [3.05, 3.63) is 60.2 Å². The predicted octanol–water partition coefficient (Wildman–Crippen LogP) is 3.06. The van der Waals surface area contributed by atoms with Gasteiger partial charge in [0.15, 0.2) is 0 Å². The molecule has 0 bridgehead atoms. The smallest absolute Gasteiger partial charge is 0.264 e. The van der Waals surface area contributed by atoms with Gasteiger partial charge in [-0.05, 0) is 45.0 Å². The first-order chi connectivity index (χ1) is 11.9. The van der Waals surface area contributed by atoms with Gasteiger partial charge in [-0.15, -0.1) is 0 Å². The van der Waals surface area contributed by atoms with Crippen LogP contribution < -0.4 is 4.31 Å². The molecule has 2 rings (SSSR count). The van der Waals surface area contributed by atoms with E-state index >= 15 is 0 Å². The van der Waals surface area contributed by atoms with Crippen LogP contribution in [0.2, 0.25) is 0 Å². The van der Waals surface area contributed by atoms with Gasteiger partial charge in [0.25, 0.3) is 10.0 Å². The van der Waals surface area contributed by atoms with Crippen molar-refractivity contribution >= 4 is 21.6 Å². The van der Waals surface area contributed by atoms with E-state index in [-0.39, 0.29) is 17.3 Å². The van der Waals surface area contributed by atoms with Crippen LogP contribution in [-0.2, 0) is 14.8 Å². The number of aryl methyl sites for hydroxylation is 1. The fraction of sp³-hybridized carbons (Fsp3) is 0.316. The van der Waals surface area contributed by atoms with E-state index in [9.17, 15) is 13.2 Å². The zero-order valence-electron chi connectivity index (χ0n) is 14.8. The number of benzene rings is 2. The Labute approximate surface area is 149 Å². The van der Waals surface area contributed by atoms with Crippen LogP contribution in [-0.4, -0.2) is 38.9 Å². The Morgan fingerprint density at radius 1 is 0.920 bits per heavy atom. The van der Waals surface area contributed by atoms with E-state index in [2.05, 4.69) is 0 Å². The van der Waals surface area contributed by atoms with Gasteiger partial charge in [-0.1, -0.05) is 35.9 Å². The molecular formula is C19H24N2O3S. The normalized spacial score (nSPS) is 11.2. The lowest BCUT2D eigenvalue weighted by Crippen LogP contribution is -2.43. The summed E-state index contributed by atoms with van der Waals surface area (Å²) < 4.78 is 27.4. The van der Waals surface area contributed by atoms with Crippen molar-refractivity contribution in [1.29, 1.82) is 0 Å². The third-order valence-corrected chi connectivity index (χ3v) is 5.84. The number of anilines is 1. The molecule has 0 aromatic heterocycles. The third-order valence-electron chi connectivity index (χ3n) is 4.05. The van der Waals surface area contributed by atoms with Gasteiger partial charge in [-0.25, -0.2) is 8.42 Å². The fourth-order valence-corrected chi connectivity index (χ4v) is 3.98. The van der Waals surface area contributed by atoms with Crippen LogP contribution in [0.1, 0.15) is 19.4 Å². The van der Waals surface area contributed by atoms with Crippen molar-refractivity contribution in [3.8, 4) is 0 Å². The number of carbonyl (C=O) groups is 1. The van der Waals surface area contributed by atoms with Crippen LogP contribution in [0.25, 0.3) is 0 Å². The van der Waals surface area contributed by atoms with Crippen LogP contribution in [0.15, 0.2) is 59.5 Å². The Kier molecular flexibility index (Phi) is 6.20. The first kappa shape index (κ1) is 19.0. The Balaban J connectivity index is 2.45. The third kappa shape index (κ3) is 4.39. The number of hydrogen-bond acceptors (Lipinski definition) is 3. The summed E-state index contributed by atoms with van der Waals surface area (Å²) in [4.78, 5) is 14.3. The summed E-state index contributed by atoms with van der Waals surface area (Å²) >= 11 is 0. The number of carbonyl (C=O) groups excluding carboxylic acids is 1. The highest BCUT2D eigenvalue weighted by Crippen LogP contribution is 2.24. The molecule has 0 atom stereocenters. The number of likely N-dealkylation sites (N-methyl/N-ethyl adjacent to an activating group) is 1. The van der Waals surface area contributed by atoms with Crippen LogP contribution >= 0.6 is 0 Å². The minimum atomic E-state index is -3.83. The van der Waals surface area contributed by atoms with E-state index in [1.807, 2.05) is 32.9 Å². The second-order valence-electron chi connectivity index (χ2n) is 5.73. The number of hydrogen-bond donors (Lipinski definition) is 0. The van der Waals surface area contributed by atoms with Gasteiger partial charge >= 0.3 is 0 Å². The largest absolute Gasteiger partial charge is 0.342 e. The number of rotatable bonds is 7. The molecule has 5 nitrogen and oxygen atoms in total. The Bertz CT molecular complexity index is 798. The molecule has 0 spiro atoms. The van der Waals surface area contributed by atoms with Gasteiger partial charge in [0.1, 0.15) is 6.54 Å². The first-order valence-electron chi connectivity index (χ1n) is 8.32. The van der Waals surface area contributed by atoms with Gasteiger partial charge in [-0.2, -0.15) is 0 Å². The zero-order valence-corrected chi connectivity index (χ0v) is 15.7. The molecule has 0 aliphatic carbocycles. The SMILES string of the molecule is CCN(CC)C(=O)CN(c1ccc(C)cc1)S(=O)(=O)c1ccccc1. The molecule has 6 heteroatoms. The second-order valence-corrected chi connectivity index (χ2v) is 7.59. The monoisotopic (exact) mass is 360 g/mol. The first-order valence-corrected chi connectivity index (χ1v) is 9.76. The fourth-order valence-electron chi connectivity index (χ4n) is 2.54. The summed E-state index contributed by atoms with van der Waals surface area (Å²) in [6.07, 6.45) is 0. The summed E-state index contributed by atoms with van der Waals surface area (Å²) in [6.45, 7) is 6.56. The van der Waals surface area contributed by atoms with Gasteiger partial charge in [0.2, 0.25) is 5.91 Å². The lowest BCUT2D eigenvalue weighted by molar-refractivity contribution is -0.129. The van der Waals surface area contributed by atoms with E-state index in [0.717, 1.165) is 5.56 Å². The number of amides is 1. The van der Waals surface area contributed by atoms with Crippen LogP contribution in [0.3, 0.4) is 0 Å². The Hall–Kier alpha value is -2.34. The highest BCUT2D eigenvalue weighted by atomic mass is 32.2. The molecule has 0 aliphatic rings. The van der Waals surface area contributed by atoms with Crippen LogP contribution in [0.4, 0.5) is 5.69 Å². The highest BCUT2D eigenvalue weighted by molar-refractivity contribution is 7.92. The lowest BCUT2D eigenvalue weighted by Gasteiger charge is -2.27. The molecule has 0 N–H and O–H groups in total. The van der Waals surface area contributed by atoms with Crippen LogP contribution in [0.5, 0.6) is 0 Å². The maximum absolute atomic E-state index is 13.1. The van der Waals surface area contributed by atoms with Gasteiger partial charge < -0.3 is 4.90 Å². The van der Waals surface area contributed by atoms with E-state index < -0.39 is 10.0 Å². The summed E-state index contributed by atoms with van der Waals surface area (Å²) in [6, 6.07) is 15.3. The number of sulfonamides is 1. The average molecular weight is 360 g/mol. The van der Waals surface area contributed by atoms with Gasteiger partial charge in [0.05, 0.1) is 10.6 Å². The molecule has 2 aromatic carbocycles. The molecule has 0 radical (unpaired) electrons. The maximum Gasteiger partial charge on any atom is 0.264 e. The summed E-state index contributed by atoms with van der Waals surface area (Å²) in [5, 5.41) is 0. The number of nitrogens with zero attached hydrogens (tertiary/aromatic N) is 2. The van der Waals surface area contributed by atoms with E-state index in [1.165, 1.54) is 4.31 Å². The van der Waals surface area contributed by atoms with E-state index in [0.29, 0.717) is 18.8 Å². The molecule has 134 valence electrons. The topological polar surface area (TPSA) is 57.7 Å². The van der Waals surface area contributed by atoms with Crippen molar-refractivity contribution in [2.75, 3.05) is 23.9 Å². The molecular weight excluding hydrogens is 336 g/mol. The molecule has 25 heavy (non-hydrogen) atoms. The molecule has 1 amide bonds. The minimum absolute atomic E-state index is 0.169. The standard InChI is InChI=1S/C19H24N2O3S/c1-4-20(5-2)19(22)15-21(17-13-11-16(3)12-14-17)25(23,24)18-9-7-6-8-10-18/h6-14H,4-5,15H2,1-3H3. The molecule has 0 saturated heterocycles. The summed E-state index contributed by atoms with van der Waals surface area (Å²) in [7, 11) is -3.83. The van der Waals surface area contributed by atoms with Crippen molar-refractivity contribution in [2.24, 2.45) is 0 Å². The summed E-state index contributed by atoms with van der Waals surface area (Å²) in [5.74, 6) is -0.218. The van der Waals surface area contributed by atoms with E-state index in [4.69, 9.17) is 0 Å². The molecule has 0 heterocycles. The van der Waals surface area contributed by atoms with Gasteiger partial charge in [0, 0.05) is 13.1 Å². The van der Waals surface area contributed by atoms with E-state index in [1.54, 1.807) is 47.4 Å². The quantitative estimate of drug-likeness (QED) is 0.762. The summed E-state index contributed by atoms with van der Waals surface area (Å²) in [5.41, 5.74) is 1.51. The average Bonchev–Trinajstić information content (AvgIpc) is 2.62. The molecule has 0 saturated carbocycles. The Morgan fingerprint density at radius 2 is 1.48 bits per heavy atom. The van der Waals surface area contributed by atoms with Crippen LogP contribution in [0, 0.1) is 6.92 Å². The van der Waals surface area contributed by atoms with Crippen molar-refractivity contribution in [3.63, 3.8) is 0 Å².